The highest BCUT2D eigenvalue weighted by atomic mass is 16.5. The fraction of sp³-hybridized carbons (Fsp3) is 0.333. The largest absolute Gasteiger partial charge is 0.497 e. The summed E-state index contributed by atoms with van der Waals surface area (Å²) in [6.45, 7) is 0.936. The number of aromatic nitrogens is 2. The van der Waals surface area contributed by atoms with E-state index in [1.165, 1.54) is 0 Å². The zero-order valence-corrected chi connectivity index (χ0v) is 12.0. The number of imidazole rings is 1. The third-order valence-electron chi connectivity index (χ3n) is 2.93. The molecule has 0 saturated carbocycles. The fourth-order valence-corrected chi connectivity index (χ4v) is 1.78. The summed E-state index contributed by atoms with van der Waals surface area (Å²) < 4.78 is 10.6. The number of hydrogen-bond acceptors (Lipinski definition) is 4. The Morgan fingerprint density at radius 2 is 2.05 bits per heavy atom. The third-order valence-corrected chi connectivity index (χ3v) is 2.93. The minimum absolute atomic E-state index is 0.0250. The van der Waals surface area contributed by atoms with Gasteiger partial charge in [-0.05, 0) is 24.3 Å². The first kappa shape index (κ1) is 14.9. The molecule has 2 aromatic rings. The molecule has 0 aliphatic rings. The Bertz CT molecular complexity index is 538. The molecule has 2 N–H and O–H groups in total. The van der Waals surface area contributed by atoms with E-state index in [0.29, 0.717) is 19.6 Å². The van der Waals surface area contributed by atoms with Gasteiger partial charge in [-0.15, -0.1) is 0 Å². The molecule has 0 fully saturated rings. The van der Waals surface area contributed by atoms with Gasteiger partial charge in [0.15, 0.2) is 0 Å². The summed E-state index contributed by atoms with van der Waals surface area (Å²) in [6.07, 6.45) is 4.44. The van der Waals surface area contributed by atoms with Gasteiger partial charge in [0.05, 0.1) is 26.5 Å². The number of carbonyl (C=O) groups excluding carboxylic acids is 1. The molecule has 6 nitrogen and oxygen atoms in total. The zero-order valence-electron chi connectivity index (χ0n) is 12.0. The summed E-state index contributed by atoms with van der Waals surface area (Å²) in [4.78, 5) is 18.5. The predicted octanol–water partition coefficient (Wildman–Crippen LogP) is 1.55. The van der Waals surface area contributed by atoms with Crippen molar-refractivity contribution in [1.82, 2.24) is 15.3 Å². The Kier molecular flexibility index (Phi) is 5.63. The number of aromatic amines is 1. The van der Waals surface area contributed by atoms with Gasteiger partial charge >= 0.3 is 0 Å². The molecule has 0 aliphatic heterocycles. The minimum Gasteiger partial charge on any atom is -0.497 e. The first-order chi connectivity index (χ1) is 10.3. The highest BCUT2D eigenvalue weighted by Crippen LogP contribution is 2.16. The smallest absolute Gasteiger partial charge is 0.223 e. The minimum atomic E-state index is -0.0250. The van der Waals surface area contributed by atoms with Crippen LogP contribution < -0.4 is 14.8 Å². The van der Waals surface area contributed by atoms with Gasteiger partial charge < -0.3 is 19.8 Å². The van der Waals surface area contributed by atoms with Gasteiger partial charge in [-0.3, -0.25) is 4.79 Å². The Labute approximate surface area is 123 Å². The maximum absolute atomic E-state index is 11.6. The summed E-state index contributed by atoms with van der Waals surface area (Å²) in [7, 11) is 1.61. The first-order valence-electron chi connectivity index (χ1n) is 6.79. The van der Waals surface area contributed by atoms with Crippen molar-refractivity contribution < 1.29 is 14.3 Å². The quantitative estimate of drug-likeness (QED) is 0.773. The van der Waals surface area contributed by atoms with E-state index in [1.54, 1.807) is 19.6 Å². The molecule has 0 atom stereocenters. The van der Waals surface area contributed by atoms with Crippen LogP contribution in [0.4, 0.5) is 0 Å². The van der Waals surface area contributed by atoms with Crippen molar-refractivity contribution in [3.63, 3.8) is 0 Å². The lowest BCUT2D eigenvalue weighted by Crippen LogP contribution is -2.27. The van der Waals surface area contributed by atoms with Gasteiger partial charge in [-0.2, -0.15) is 0 Å². The van der Waals surface area contributed by atoms with E-state index in [-0.39, 0.29) is 5.91 Å². The Morgan fingerprint density at radius 1 is 1.29 bits per heavy atom. The standard InChI is InChI=1S/C15H19N3O3/c1-20-13-2-4-14(5-3-13)21-9-7-15(19)17-8-6-12-10-16-11-18-12/h2-5,10-11H,6-9H2,1H3,(H,16,18)(H,17,19). The molecule has 112 valence electrons. The summed E-state index contributed by atoms with van der Waals surface area (Å²) in [5, 5.41) is 2.84. The van der Waals surface area contributed by atoms with E-state index in [9.17, 15) is 4.79 Å². The molecule has 0 spiro atoms. The summed E-state index contributed by atoms with van der Waals surface area (Å²) in [5.41, 5.74) is 1.00. The van der Waals surface area contributed by atoms with E-state index < -0.39 is 0 Å². The van der Waals surface area contributed by atoms with Crippen molar-refractivity contribution in [1.29, 1.82) is 0 Å². The summed E-state index contributed by atoms with van der Waals surface area (Å²) >= 11 is 0. The summed E-state index contributed by atoms with van der Waals surface area (Å²) in [6, 6.07) is 7.27. The van der Waals surface area contributed by atoms with Crippen LogP contribution in [0.3, 0.4) is 0 Å². The van der Waals surface area contributed by atoms with Crippen LogP contribution in [0, 0.1) is 0 Å². The maximum atomic E-state index is 11.6. The van der Waals surface area contributed by atoms with Crippen molar-refractivity contribution in [2.75, 3.05) is 20.3 Å². The van der Waals surface area contributed by atoms with Crippen molar-refractivity contribution in [2.45, 2.75) is 12.8 Å². The lowest BCUT2D eigenvalue weighted by molar-refractivity contribution is -0.121. The molecular formula is C15H19N3O3. The zero-order chi connectivity index (χ0) is 14.9. The number of amides is 1. The molecule has 0 radical (unpaired) electrons. The second-order valence-corrected chi connectivity index (χ2v) is 4.45. The molecular weight excluding hydrogens is 270 g/mol. The number of H-pyrrole nitrogens is 1. The molecule has 6 heteroatoms. The molecule has 1 heterocycles. The van der Waals surface area contributed by atoms with Gasteiger partial charge in [-0.1, -0.05) is 0 Å². The number of benzene rings is 1. The van der Waals surface area contributed by atoms with Crippen LogP contribution in [0.15, 0.2) is 36.8 Å². The molecule has 0 saturated heterocycles. The molecule has 0 bridgehead atoms. The van der Waals surface area contributed by atoms with Crippen LogP contribution in [0.1, 0.15) is 12.1 Å². The van der Waals surface area contributed by atoms with Gasteiger partial charge in [0.1, 0.15) is 11.5 Å². The number of ether oxygens (including phenoxy) is 2. The number of methoxy groups -OCH3 is 1. The van der Waals surface area contributed by atoms with Crippen LogP contribution in [0.2, 0.25) is 0 Å². The highest BCUT2D eigenvalue weighted by Gasteiger charge is 2.02. The molecule has 1 aromatic carbocycles. The molecule has 2 rings (SSSR count). The van der Waals surface area contributed by atoms with E-state index in [2.05, 4.69) is 15.3 Å². The molecule has 0 aliphatic carbocycles. The second-order valence-electron chi connectivity index (χ2n) is 4.45. The molecule has 1 amide bonds. The Morgan fingerprint density at radius 3 is 2.71 bits per heavy atom. The average Bonchev–Trinajstić information content (AvgIpc) is 3.01. The number of rotatable bonds is 8. The topological polar surface area (TPSA) is 76.2 Å². The van der Waals surface area contributed by atoms with Gasteiger partial charge in [0.25, 0.3) is 0 Å². The van der Waals surface area contributed by atoms with Crippen molar-refractivity contribution in [3.05, 3.63) is 42.5 Å². The normalized spacial score (nSPS) is 10.1. The maximum Gasteiger partial charge on any atom is 0.223 e. The number of carbonyl (C=O) groups is 1. The van der Waals surface area contributed by atoms with Gasteiger partial charge in [0.2, 0.25) is 5.91 Å². The number of nitrogens with one attached hydrogen (secondary N) is 2. The van der Waals surface area contributed by atoms with Crippen molar-refractivity contribution in [2.24, 2.45) is 0 Å². The van der Waals surface area contributed by atoms with E-state index in [0.717, 1.165) is 23.6 Å². The van der Waals surface area contributed by atoms with E-state index >= 15 is 0 Å². The second kappa shape index (κ2) is 7.94. The highest BCUT2D eigenvalue weighted by molar-refractivity contribution is 5.75. The van der Waals surface area contributed by atoms with Gasteiger partial charge in [0, 0.05) is 24.9 Å². The lowest BCUT2D eigenvalue weighted by atomic mass is 10.3. The van der Waals surface area contributed by atoms with Crippen LogP contribution in [0.25, 0.3) is 0 Å². The lowest BCUT2D eigenvalue weighted by Gasteiger charge is -2.07. The predicted molar refractivity (Wildman–Crippen MR) is 78.4 cm³/mol. The average molecular weight is 289 g/mol. The number of nitrogens with zero attached hydrogens (tertiary/aromatic N) is 1. The SMILES string of the molecule is COc1ccc(OCCC(=O)NCCc2cnc[nH]2)cc1. The Balaban J connectivity index is 1.60. The van der Waals surface area contributed by atoms with Crippen LogP contribution in [-0.2, 0) is 11.2 Å². The summed E-state index contributed by atoms with van der Waals surface area (Å²) in [5.74, 6) is 1.47. The van der Waals surface area contributed by atoms with Crippen LogP contribution in [0.5, 0.6) is 11.5 Å². The monoisotopic (exact) mass is 289 g/mol. The molecule has 1 aromatic heterocycles. The van der Waals surface area contributed by atoms with Gasteiger partial charge in [-0.25, -0.2) is 4.98 Å². The van der Waals surface area contributed by atoms with Crippen LogP contribution >= 0.6 is 0 Å². The first-order valence-corrected chi connectivity index (χ1v) is 6.79. The number of hydrogen-bond donors (Lipinski definition) is 2. The molecule has 0 unspecified atom stereocenters. The third kappa shape index (κ3) is 5.18. The van der Waals surface area contributed by atoms with Crippen LogP contribution in [-0.4, -0.2) is 36.1 Å². The Hall–Kier alpha value is -2.50. The van der Waals surface area contributed by atoms with E-state index in [4.69, 9.17) is 9.47 Å². The molecule has 21 heavy (non-hydrogen) atoms. The van der Waals surface area contributed by atoms with Crippen molar-refractivity contribution in [3.8, 4) is 11.5 Å². The fourth-order valence-electron chi connectivity index (χ4n) is 1.78. The van der Waals surface area contributed by atoms with Crippen molar-refractivity contribution >= 4 is 5.91 Å². The van der Waals surface area contributed by atoms with E-state index in [1.807, 2.05) is 24.3 Å².